The highest BCUT2D eigenvalue weighted by molar-refractivity contribution is 7.89. The summed E-state index contributed by atoms with van der Waals surface area (Å²) in [4.78, 5) is 0.374. The number of hydrogen-bond donors (Lipinski definition) is 1. The number of nitrogens with zero attached hydrogens (tertiary/aromatic N) is 1. The Morgan fingerprint density at radius 3 is 2.33 bits per heavy atom. The van der Waals surface area contributed by atoms with Crippen LogP contribution in [-0.2, 0) is 10.0 Å². The molecule has 5 heteroatoms. The fraction of sp³-hybridized carbons (Fsp3) is 0.625. The summed E-state index contributed by atoms with van der Waals surface area (Å²) >= 11 is 0. The summed E-state index contributed by atoms with van der Waals surface area (Å²) in [5, 5.41) is 3.31. The van der Waals surface area contributed by atoms with Gasteiger partial charge in [-0.1, -0.05) is 32.9 Å². The Labute approximate surface area is 129 Å². The molecule has 0 heterocycles. The lowest BCUT2D eigenvalue weighted by Crippen LogP contribution is -2.36. The zero-order valence-electron chi connectivity index (χ0n) is 13.8. The van der Waals surface area contributed by atoms with Gasteiger partial charge in [-0.3, -0.25) is 0 Å². The number of benzene rings is 1. The Hall–Kier alpha value is -0.910. The normalized spacial score (nSPS) is 13.9. The van der Waals surface area contributed by atoms with Crippen molar-refractivity contribution in [2.24, 2.45) is 0 Å². The molecule has 1 aromatic rings. The van der Waals surface area contributed by atoms with E-state index in [9.17, 15) is 8.42 Å². The van der Waals surface area contributed by atoms with Gasteiger partial charge in [0.1, 0.15) is 0 Å². The highest BCUT2D eigenvalue weighted by atomic mass is 32.2. The fourth-order valence-corrected chi connectivity index (χ4v) is 4.09. The lowest BCUT2D eigenvalue weighted by molar-refractivity contribution is 0.349. The van der Waals surface area contributed by atoms with Gasteiger partial charge in [0, 0.05) is 19.1 Å². The lowest BCUT2D eigenvalue weighted by atomic mass is 10.1. The summed E-state index contributed by atoms with van der Waals surface area (Å²) in [6.45, 7) is 8.97. The van der Waals surface area contributed by atoms with Crippen molar-refractivity contribution in [3.05, 3.63) is 29.8 Å². The molecule has 120 valence electrons. The van der Waals surface area contributed by atoms with Crippen molar-refractivity contribution in [2.45, 2.75) is 57.5 Å². The van der Waals surface area contributed by atoms with Crippen molar-refractivity contribution < 1.29 is 8.42 Å². The molecule has 1 N–H and O–H groups in total. The van der Waals surface area contributed by atoms with Crippen molar-refractivity contribution in [3.8, 4) is 0 Å². The molecule has 4 nitrogen and oxygen atoms in total. The molecule has 1 unspecified atom stereocenters. The third kappa shape index (κ3) is 4.28. The molecule has 0 aliphatic rings. The van der Waals surface area contributed by atoms with E-state index in [4.69, 9.17) is 0 Å². The minimum absolute atomic E-state index is 0.0462. The summed E-state index contributed by atoms with van der Waals surface area (Å²) in [6, 6.07) is 7.42. The molecule has 0 fully saturated rings. The van der Waals surface area contributed by atoms with Crippen LogP contribution in [-0.4, -0.2) is 32.4 Å². The summed E-state index contributed by atoms with van der Waals surface area (Å²) in [7, 11) is -1.75. The van der Waals surface area contributed by atoms with Gasteiger partial charge in [-0.15, -0.1) is 0 Å². The first-order valence-corrected chi connectivity index (χ1v) is 9.13. The molecule has 0 bridgehead atoms. The van der Waals surface area contributed by atoms with Gasteiger partial charge in [0.05, 0.1) is 4.90 Å². The largest absolute Gasteiger partial charge is 0.310 e. The summed E-state index contributed by atoms with van der Waals surface area (Å²) in [5.74, 6) is 0. The Morgan fingerprint density at radius 2 is 1.81 bits per heavy atom. The Balaban J connectivity index is 3.11. The molecular formula is C16H28N2O2S. The van der Waals surface area contributed by atoms with Gasteiger partial charge in [-0.2, -0.15) is 4.31 Å². The van der Waals surface area contributed by atoms with Gasteiger partial charge >= 0.3 is 0 Å². The average Bonchev–Trinajstić information content (AvgIpc) is 2.48. The maximum absolute atomic E-state index is 12.7. The maximum atomic E-state index is 12.7. The highest BCUT2D eigenvalue weighted by Gasteiger charge is 2.26. The molecule has 0 saturated carbocycles. The Kier molecular flexibility index (Phi) is 6.84. The fourth-order valence-electron chi connectivity index (χ4n) is 2.53. The SMILES string of the molecule is CCNC(C)c1cccc(S(=O)(=O)N(C)C(CC)CC)c1. The van der Waals surface area contributed by atoms with Gasteiger partial charge in [0.25, 0.3) is 0 Å². The van der Waals surface area contributed by atoms with Gasteiger partial charge in [0.15, 0.2) is 0 Å². The first-order valence-electron chi connectivity index (χ1n) is 7.69. The second-order valence-electron chi connectivity index (χ2n) is 5.34. The molecular weight excluding hydrogens is 284 g/mol. The van der Waals surface area contributed by atoms with Crippen LogP contribution in [0, 0.1) is 0 Å². The zero-order valence-corrected chi connectivity index (χ0v) is 14.6. The predicted octanol–water partition coefficient (Wildman–Crippen LogP) is 3.17. The van der Waals surface area contributed by atoms with E-state index in [2.05, 4.69) is 5.32 Å². The van der Waals surface area contributed by atoms with E-state index in [1.165, 1.54) is 4.31 Å². The molecule has 0 saturated heterocycles. The van der Waals surface area contributed by atoms with Gasteiger partial charge in [-0.25, -0.2) is 8.42 Å². The first-order chi connectivity index (χ1) is 9.88. The molecule has 21 heavy (non-hydrogen) atoms. The van der Waals surface area contributed by atoms with Crippen molar-refractivity contribution >= 4 is 10.0 Å². The van der Waals surface area contributed by atoms with Crippen LogP contribution in [0.25, 0.3) is 0 Å². The van der Waals surface area contributed by atoms with Crippen LogP contribution in [0.5, 0.6) is 0 Å². The molecule has 0 radical (unpaired) electrons. The van der Waals surface area contributed by atoms with E-state index in [1.807, 2.05) is 39.8 Å². The monoisotopic (exact) mass is 312 g/mol. The van der Waals surface area contributed by atoms with Gasteiger partial charge < -0.3 is 5.32 Å². The Bertz CT molecular complexity index is 539. The van der Waals surface area contributed by atoms with Crippen LogP contribution >= 0.6 is 0 Å². The van der Waals surface area contributed by atoms with Crippen LogP contribution < -0.4 is 5.32 Å². The second-order valence-corrected chi connectivity index (χ2v) is 7.34. The van der Waals surface area contributed by atoms with Crippen molar-refractivity contribution in [2.75, 3.05) is 13.6 Å². The summed E-state index contributed by atoms with van der Waals surface area (Å²) in [6.07, 6.45) is 1.64. The number of sulfonamides is 1. The zero-order chi connectivity index (χ0) is 16.0. The molecule has 1 atom stereocenters. The van der Waals surface area contributed by atoms with E-state index >= 15 is 0 Å². The lowest BCUT2D eigenvalue weighted by Gasteiger charge is -2.26. The first kappa shape index (κ1) is 18.1. The third-order valence-corrected chi connectivity index (χ3v) is 5.91. The van der Waals surface area contributed by atoms with Gasteiger partial charge in [-0.05, 0) is 44.0 Å². The van der Waals surface area contributed by atoms with E-state index < -0.39 is 10.0 Å². The molecule has 0 aliphatic heterocycles. The predicted molar refractivity (Wildman–Crippen MR) is 87.9 cm³/mol. The van der Waals surface area contributed by atoms with Crippen LogP contribution in [0.1, 0.15) is 52.1 Å². The van der Waals surface area contributed by atoms with E-state index in [1.54, 1.807) is 19.2 Å². The molecule has 1 rings (SSSR count). The van der Waals surface area contributed by atoms with Crippen LogP contribution in [0.3, 0.4) is 0 Å². The molecule has 0 amide bonds. The third-order valence-electron chi connectivity index (χ3n) is 4.00. The van der Waals surface area contributed by atoms with Gasteiger partial charge in [0.2, 0.25) is 10.0 Å². The number of rotatable bonds is 8. The molecule has 1 aromatic carbocycles. The minimum Gasteiger partial charge on any atom is -0.310 e. The van der Waals surface area contributed by atoms with E-state index in [0.29, 0.717) is 4.90 Å². The summed E-state index contributed by atoms with van der Waals surface area (Å²) < 4.78 is 27.0. The van der Waals surface area contributed by atoms with Crippen molar-refractivity contribution in [1.82, 2.24) is 9.62 Å². The standard InChI is InChI=1S/C16H28N2O2S/c1-6-15(7-2)18(5)21(19,20)16-11-9-10-14(12-16)13(4)17-8-3/h9-13,15,17H,6-8H2,1-5H3. The van der Waals surface area contributed by atoms with E-state index in [0.717, 1.165) is 24.9 Å². The van der Waals surface area contributed by atoms with Crippen LogP contribution in [0.4, 0.5) is 0 Å². The van der Waals surface area contributed by atoms with Crippen molar-refractivity contribution in [1.29, 1.82) is 0 Å². The minimum atomic E-state index is -3.43. The maximum Gasteiger partial charge on any atom is 0.243 e. The van der Waals surface area contributed by atoms with E-state index in [-0.39, 0.29) is 12.1 Å². The topological polar surface area (TPSA) is 49.4 Å². The second kappa shape index (κ2) is 7.92. The van der Waals surface area contributed by atoms with Crippen LogP contribution in [0.2, 0.25) is 0 Å². The highest BCUT2D eigenvalue weighted by Crippen LogP contribution is 2.22. The smallest absolute Gasteiger partial charge is 0.243 e. The summed E-state index contributed by atoms with van der Waals surface area (Å²) in [5.41, 5.74) is 0.996. The number of nitrogens with one attached hydrogen (secondary N) is 1. The quantitative estimate of drug-likeness (QED) is 0.802. The molecule has 0 aliphatic carbocycles. The van der Waals surface area contributed by atoms with Crippen LogP contribution in [0.15, 0.2) is 29.2 Å². The molecule has 0 spiro atoms. The number of hydrogen-bond acceptors (Lipinski definition) is 3. The molecule has 0 aromatic heterocycles. The average molecular weight is 312 g/mol. The van der Waals surface area contributed by atoms with Crippen molar-refractivity contribution in [3.63, 3.8) is 0 Å². The Morgan fingerprint density at radius 1 is 1.19 bits per heavy atom.